The number of aryl methyl sites for hydroxylation is 1. The van der Waals surface area contributed by atoms with Crippen LogP contribution >= 0.6 is 11.8 Å². The van der Waals surface area contributed by atoms with E-state index in [-0.39, 0.29) is 11.9 Å². The van der Waals surface area contributed by atoms with Crippen LogP contribution in [-0.2, 0) is 30.1 Å². The molecule has 0 aliphatic carbocycles. The van der Waals surface area contributed by atoms with Crippen molar-refractivity contribution in [3.05, 3.63) is 65.0 Å². The molecule has 33 heavy (non-hydrogen) atoms. The highest BCUT2D eigenvalue weighted by atomic mass is 32.2. The molecule has 1 saturated heterocycles. The van der Waals surface area contributed by atoms with E-state index in [1.165, 1.54) is 11.1 Å². The highest BCUT2D eigenvalue weighted by Gasteiger charge is 2.22. The predicted molar refractivity (Wildman–Crippen MR) is 130 cm³/mol. The van der Waals surface area contributed by atoms with Gasteiger partial charge in [0.25, 0.3) is 0 Å². The van der Waals surface area contributed by atoms with Crippen molar-refractivity contribution in [3.8, 4) is 11.5 Å². The fourth-order valence-electron chi connectivity index (χ4n) is 4.08. The molecule has 0 saturated carbocycles. The summed E-state index contributed by atoms with van der Waals surface area (Å²) in [7, 11) is 3.58. The number of hydrogen-bond acceptors (Lipinski definition) is 7. The monoisotopic (exact) mass is 468 g/mol. The molecule has 0 spiro atoms. The van der Waals surface area contributed by atoms with Crippen LogP contribution in [0.15, 0.2) is 47.6 Å². The van der Waals surface area contributed by atoms with Gasteiger partial charge in [0.2, 0.25) is 0 Å². The van der Waals surface area contributed by atoms with Crippen molar-refractivity contribution in [2.24, 2.45) is 0 Å². The highest BCUT2D eigenvalue weighted by Crippen LogP contribution is 2.31. The molecule has 3 aromatic rings. The summed E-state index contributed by atoms with van der Waals surface area (Å²) in [6.45, 7) is 4.91. The van der Waals surface area contributed by atoms with Gasteiger partial charge in [-0.05, 0) is 44.0 Å². The summed E-state index contributed by atoms with van der Waals surface area (Å²) in [6.07, 6.45) is 2.36. The van der Waals surface area contributed by atoms with E-state index < -0.39 is 0 Å². The SMILES string of the molecule is COc1cccc(CN(C)Cc2nnc(SCc3ccccc3C)n2C[C@@H]2CCCO2)c1O. The third-order valence-corrected chi connectivity index (χ3v) is 6.99. The number of rotatable bonds is 10. The zero-order valence-corrected chi connectivity index (χ0v) is 20.3. The number of phenols is 1. The summed E-state index contributed by atoms with van der Waals surface area (Å²) >= 11 is 1.72. The number of methoxy groups -OCH3 is 1. The quantitative estimate of drug-likeness (QED) is 0.442. The van der Waals surface area contributed by atoms with E-state index in [0.717, 1.165) is 48.3 Å². The molecule has 1 aromatic heterocycles. The number of phenolic OH excluding ortho intramolecular Hbond substituents is 1. The summed E-state index contributed by atoms with van der Waals surface area (Å²) in [4.78, 5) is 2.13. The molecule has 1 aliphatic rings. The lowest BCUT2D eigenvalue weighted by molar-refractivity contribution is 0.0934. The van der Waals surface area contributed by atoms with Crippen molar-refractivity contribution in [2.45, 2.75) is 56.4 Å². The molecule has 0 radical (unpaired) electrons. The van der Waals surface area contributed by atoms with Crippen LogP contribution in [0.3, 0.4) is 0 Å². The second kappa shape index (κ2) is 11.0. The fourth-order valence-corrected chi connectivity index (χ4v) is 5.12. The number of aromatic hydroxyl groups is 1. The molecule has 1 fully saturated rings. The topological polar surface area (TPSA) is 72.6 Å². The normalized spacial score (nSPS) is 15.9. The van der Waals surface area contributed by atoms with Crippen LogP contribution in [0.4, 0.5) is 0 Å². The van der Waals surface area contributed by atoms with E-state index >= 15 is 0 Å². The molecule has 8 heteroatoms. The Bertz CT molecular complexity index is 1070. The average molecular weight is 469 g/mol. The number of aromatic nitrogens is 3. The van der Waals surface area contributed by atoms with Crippen LogP contribution in [0.25, 0.3) is 0 Å². The van der Waals surface area contributed by atoms with Gasteiger partial charge in [0.05, 0.1) is 26.3 Å². The second-order valence-corrected chi connectivity index (χ2v) is 9.44. The molecule has 1 N–H and O–H groups in total. The first-order chi connectivity index (χ1) is 16.0. The number of para-hydroxylation sites is 1. The first kappa shape index (κ1) is 23.6. The van der Waals surface area contributed by atoms with Gasteiger partial charge in [0, 0.05) is 24.5 Å². The van der Waals surface area contributed by atoms with Crippen molar-refractivity contribution in [1.82, 2.24) is 19.7 Å². The van der Waals surface area contributed by atoms with Crippen LogP contribution in [0.1, 0.15) is 35.4 Å². The Kier molecular flexibility index (Phi) is 7.90. The van der Waals surface area contributed by atoms with E-state index in [2.05, 4.69) is 50.9 Å². The number of ether oxygens (including phenoxy) is 2. The molecule has 0 bridgehead atoms. The van der Waals surface area contributed by atoms with E-state index in [0.29, 0.717) is 18.8 Å². The standard InChI is InChI=1S/C25H32N4O3S/c1-18-8-4-5-9-20(18)17-33-25-27-26-23(29(25)15-21-11-7-13-32-21)16-28(2)14-19-10-6-12-22(31-3)24(19)30/h4-6,8-10,12,21,30H,7,11,13-17H2,1-3H3/t21-/m0/s1. The van der Waals surface area contributed by atoms with Gasteiger partial charge in [-0.2, -0.15) is 0 Å². The summed E-state index contributed by atoms with van der Waals surface area (Å²) in [5.41, 5.74) is 3.41. The molecule has 7 nitrogen and oxygen atoms in total. The van der Waals surface area contributed by atoms with Crippen molar-refractivity contribution in [2.75, 3.05) is 20.8 Å². The number of benzene rings is 2. The Labute approximate surface area is 199 Å². The number of nitrogens with zero attached hydrogens (tertiary/aromatic N) is 4. The summed E-state index contributed by atoms with van der Waals surface area (Å²) < 4.78 is 13.4. The molecule has 2 heterocycles. The van der Waals surface area contributed by atoms with Crippen molar-refractivity contribution >= 4 is 11.8 Å². The Morgan fingerprint density at radius 2 is 1.97 bits per heavy atom. The van der Waals surface area contributed by atoms with Crippen LogP contribution < -0.4 is 4.74 Å². The Balaban J connectivity index is 1.50. The van der Waals surface area contributed by atoms with Crippen LogP contribution in [-0.4, -0.2) is 51.6 Å². The third kappa shape index (κ3) is 5.88. The van der Waals surface area contributed by atoms with Gasteiger partial charge in [0.1, 0.15) is 5.82 Å². The number of hydrogen-bond donors (Lipinski definition) is 1. The molecule has 1 atom stereocenters. The maximum atomic E-state index is 10.4. The molecule has 0 amide bonds. The Morgan fingerprint density at radius 3 is 2.73 bits per heavy atom. The molecular weight excluding hydrogens is 436 g/mol. The maximum Gasteiger partial charge on any atom is 0.191 e. The van der Waals surface area contributed by atoms with Gasteiger partial charge in [-0.1, -0.05) is 48.2 Å². The zero-order chi connectivity index (χ0) is 23.2. The van der Waals surface area contributed by atoms with Gasteiger partial charge >= 0.3 is 0 Å². The lowest BCUT2D eigenvalue weighted by Gasteiger charge is -2.20. The Morgan fingerprint density at radius 1 is 1.15 bits per heavy atom. The molecule has 176 valence electrons. The van der Waals surface area contributed by atoms with E-state index in [9.17, 15) is 5.11 Å². The maximum absolute atomic E-state index is 10.4. The van der Waals surface area contributed by atoms with E-state index in [1.807, 2.05) is 19.2 Å². The lowest BCUT2D eigenvalue weighted by Crippen LogP contribution is -2.23. The molecule has 4 rings (SSSR count). The summed E-state index contributed by atoms with van der Waals surface area (Å²) in [5, 5.41) is 20.4. The smallest absolute Gasteiger partial charge is 0.191 e. The van der Waals surface area contributed by atoms with Crippen LogP contribution in [0, 0.1) is 6.92 Å². The van der Waals surface area contributed by atoms with Gasteiger partial charge in [-0.25, -0.2) is 0 Å². The number of thioether (sulfide) groups is 1. The first-order valence-corrected chi connectivity index (χ1v) is 12.3. The summed E-state index contributed by atoms with van der Waals surface area (Å²) in [5.74, 6) is 2.42. The fraction of sp³-hybridized carbons (Fsp3) is 0.440. The highest BCUT2D eigenvalue weighted by molar-refractivity contribution is 7.98. The molecule has 0 unspecified atom stereocenters. The Hall–Kier alpha value is -2.55. The predicted octanol–water partition coefficient (Wildman–Crippen LogP) is 4.40. The molecule has 1 aliphatic heterocycles. The minimum Gasteiger partial charge on any atom is -0.504 e. The first-order valence-electron chi connectivity index (χ1n) is 11.3. The second-order valence-electron chi connectivity index (χ2n) is 8.50. The lowest BCUT2D eigenvalue weighted by atomic mass is 10.1. The zero-order valence-electron chi connectivity index (χ0n) is 19.5. The van der Waals surface area contributed by atoms with E-state index in [1.54, 1.807) is 24.9 Å². The largest absolute Gasteiger partial charge is 0.504 e. The van der Waals surface area contributed by atoms with Gasteiger partial charge in [0.15, 0.2) is 16.7 Å². The minimum absolute atomic E-state index is 0.183. The van der Waals surface area contributed by atoms with Gasteiger partial charge < -0.3 is 19.1 Å². The third-order valence-electron chi connectivity index (χ3n) is 5.98. The van der Waals surface area contributed by atoms with Crippen molar-refractivity contribution in [1.29, 1.82) is 0 Å². The van der Waals surface area contributed by atoms with Crippen molar-refractivity contribution in [3.63, 3.8) is 0 Å². The van der Waals surface area contributed by atoms with E-state index in [4.69, 9.17) is 9.47 Å². The van der Waals surface area contributed by atoms with Crippen molar-refractivity contribution < 1.29 is 14.6 Å². The summed E-state index contributed by atoms with van der Waals surface area (Å²) in [6, 6.07) is 14.0. The van der Waals surface area contributed by atoms with Crippen LogP contribution in [0.2, 0.25) is 0 Å². The van der Waals surface area contributed by atoms with Crippen LogP contribution in [0.5, 0.6) is 11.5 Å². The molecular formula is C25H32N4O3S. The minimum atomic E-state index is 0.183. The molecule has 2 aromatic carbocycles. The van der Waals surface area contributed by atoms with Gasteiger partial charge in [-0.15, -0.1) is 10.2 Å². The van der Waals surface area contributed by atoms with Gasteiger partial charge in [-0.3, -0.25) is 4.90 Å². The average Bonchev–Trinajstić information content (AvgIpc) is 3.45.